The lowest BCUT2D eigenvalue weighted by Crippen LogP contribution is -2.28. The Hall–Kier alpha value is -3.54. The van der Waals surface area contributed by atoms with Crippen molar-refractivity contribution in [3.05, 3.63) is 95.8 Å². The molecule has 0 unspecified atom stereocenters. The second-order valence-corrected chi connectivity index (χ2v) is 6.59. The van der Waals surface area contributed by atoms with Crippen molar-refractivity contribution in [2.24, 2.45) is 0 Å². The van der Waals surface area contributed by atoms with Gasteiger partial charge in [0, 0.05) is 30.6 Å². The summed E-state index contributed by atoms with van der Waals surface area (Å²) in [5.41, 5.74) is 2.87. The minimum atomic E-state index is -0.257. The number of carbonyl (C=O) groups is 1. The van der Waals surface area contributed by atoms with E-state index in [0.29, 0.717) is 30.0 Å². The number of benzene rings is 2. The molecule has 0 spiro atoms. The Kier molecular flexibility index (Phi) is 4.85. The molecule has 2 aromatic heterocycles. The van der Waals surface area contributed by atoms with E-state index in [9.17, 15) is 9.18 Å². The molecule has 6 heteroatoms. The van der Waals surface area contributed by atoms with Gasteiger partial charge >= 0.3 is 0 Å². The number of halogens is 1. The standard InChI is InChI=1S/C22H19FN4O/c1-26(22(28)16-10-12-24-13-11-16)15-21-25-19-8-4-5-9-20(19)27(21)14-17-6-2-3-7-18(17)23/h2-13H,14-15H2,1H3. The minimum Gasteiger partial charge on any atom is -0.334 e. The molecule has 2 heterocycles. The molecule has 4 rings (SSSR count). The van der Waals surface area contributed by atoms with Gasteiger partial charge in [-0.15, -0.1) is 0 Å². The maximum atomic E-state index is 14.2. The predicted octanol–water partition coefficient (Wildman–Crippen LogP) is 3.89. The van der Waals surface area contributed by atoms with Crippen LogP contribution in [-0.4, -0.2) is 32.4 Å². The van der Waals surface area contributed by atoms with Crippen LogP contribution in [0, 0.1) is 5.82 Å². The molecule has 5 nitrogen and oxygen atoms in total. The summed E-state index contributed by atoms with van der Waals surface area (Å²) in [6.45, 7) is 0.657. The topological polar surface area (TPSA) is 51.0 Å². The summed E-state index contributed by atoms with van der Waals surface area (Å²) in [4.78, 5) is 22.9. The van der Waals surface area contributed by atoms with Gasteiger partial charge in [-0.25, -0.2) is 9.37 Å². The molecule has 0 bridgehead atoms. The summed E-state index contributed by atoms with van der Waals surface area (Å²) < 4.78 is 16.2. The molecule has 0 radical (unpaired) electrons. The molecule has 0 aliphatic carbocycles. The van der Waals surface area contributed by atoms with Crippen molar-refractivity contribution in [2.75, 3.05) is 7.05 Å². The molecular formula is C22H19FN4O. The van der Waals surface area contributed by atoms with Crippen molar-refractivity contribution in [1.29, 1.82) is 0 Å². The number of hydrogen-bond donors (Lipinski definition) is 0. The van der Waals surface area contributed by atoms with Crippen molar-refractivity contribution in [3.63, 3.8) is 0 Å². The van der Waals surface area contributed by atoms with Crippen LogP contribution >= 0.6 is 0 Å². The van der Waals surface area contributed by atoms with E-state index in [2.05, 4.69) is 9.97 Å². The number of hydrogen-bond acceptors (Lipinski definition) is 3. The van der Waals surface area contributed by atoms with Crippen LogP contribution < -0.4 is 0 Å². The SMILES string of the molecule is CN(Cc1nc2ccccc2n1Cc1ccccc1F)C(=O)c1ccncc1. The number of imidazole rings is 1. The lowest BCUT2D eigenvalue weighted by molar-refractivity contribution is 0.0780. The fraction of sp³-hybridized carbons (Fsp3) is 0.136. The van der Waals surface area contributed by atoms with Gasteiger partial charge in [0.15, 0.2) is 0 Å². The maximum absolute atomic E-state index is 14.2. The normalized spacial score (nSPS) is 10.9. The Morgan fingerprint density at radius 1 is 1.04 bits per heavy atom. The molecule has 0 atom stereocenters. The molecule has 0 saturated carbocycles. The van der Waals surface area contributed by atoms with Gasteiger partial charge in [-0.2, -0.15) is 0 Å². The number of amides is 1. The fourth-order valence-electron chi connectivity index (χ4n) is 3.22. The van der Waals surface area contributed by atoms with E-state index in [4.69, 9.17) is 0 Å². The van der Waals surface area contributed by atoms with Gasteiger partial charge in [0.05, 0.1) is 24.1 Å². The molecule has 0 aliphatic rings. The van der Waals surface area contributed by atoms with Crippen LogP contribution in [0.1, 0.15) is 21.7 Å². The Bertz CT molecular complexity index is 1120. The lowest BCUT2D eigenvalue weighted by atomic mass is 10.2. The molecule has 4 aromatic rings. The van der Waals surface area contributed by atoms with Crippen molar-refractivity contribution in [2.45, 2.75) is 13.1 Å². The summed E-state index contributed by atoms with van der Waals surface area (Å²) >= 11 is 0. The maximum Gasteiger partial charge on any atom is 0.254 e. The van der Waals surface area contributed by atoms with Crippen LogP contribution in [-0.2, 0) is 13.1 Å². The average Bonchev–Trinajstić information content (AvgIpc) is 3.07. The molecular weight excluding hydrogens is 355 g/mol. The van der Waals surface area contributed by atoms with Crippen LogP contribution in [0.15, 0.2) is 73.1 Å². The highest BCUT2D eigenvalue weighted by Gasteiger charge is 2.17. The second kappa shape index (κ2) is 7.60. The quantitative estimate of drug-likeness (QED) is 0.533. The number of carbonyl (C=O) groups excluding carboxylic acids is 1. The smallest absolute Gasteiger partial charge is 0.254 e. The summed E-state index contributed by atoms with van der Waals surface area (Å²) in [6, 6.07) is 17.8. The fourth-order valence-corrected chi connectivity index (χ4v) is 3.22. The summed E-state index contributed by atoms with van der Waals surface area (Å²) in [5, 5.41) is 0. The first-order chi connectivity index (χ1) is 13.6. The number of para-hydroxylation sites is 2. The average molecular weight is 374 g/mol. The van der Waals surface area contributed by atoms with Gasteiger partial charge < -0.3 is 9.47 Å². The molecule has 28 heavy (non-hydrogen) atoms. The largest absolute Gasteiger partial charge is 0.334 e. The monoisotopic (exact) mass is 374 g/mol. The Balaban J connectivity index is 1.68. The van der Waals surface area contributed by atoms with Gasteiger partial charge in [0.2, 0.25) is 0 Å². The third kappa shape index (κ3) is 3.49. The molecule has 0 saturated heterocycles. The van der Waals surface area contributed by atoms with E-state index in [0.717, 1.165) is 11.0 Å². The van der Waals surface area contributed by atoms with Gasteiger partial charge in [-0.1, -0.05) is 30.3 Å². The summed E-state index contributed by atoms with van der Waals surface area (Å²) in [7, 11) is 1.73. The number of fused-ring (bicyclic) bond motifs is 1. The molecule has 2 aromatic carbocycles. The molecule has 0 fully saturated rings. The summed E-state index contributed by atoms with van der Waals surface area (Å²) in [6.07, 6.45) is 3.18. The van der Waals surface area contributed by atoms with Gasteiger partial charge in [0.1, 0.15) is 11.6 Å². The number of pyridine rings is 1. The highest BCUT2D eigenvalue weighted by atomic mass is 19.1. The van der Waals surface area contributed by atoms with Crippen LogP contribution in [0.5, 0.6) is 0 Å². The number of nitrogens with zero attached hydrogens (tertiary/aromatic N) is 4. The van der Waals surface area contributed by atoms with Crippen LogP contribution in [0.3, 0.4) is 0 Å². The Morgan fingerprint density at radius 2 is 1.75 bits per heavy atom. The second-order valence-electron chi connectivity index (χ2n) is 6.59. The predicted molar refractivity (Wildman–Crippen MR) is 105 cm³/mol. The number of rotatable bonds is 5. The van der Waals surface area contributed by atoms with Crippen LogP contribution in [0.4, 0.5) is 4.39 Å². The van der Waals surface area contributed by atoms with Crippen LogP contribution in [0.2, 0.25) is 0 Å². The zero-order chi connectivity index (χ0) is 19.5. The van der Waals surface area contributed by atoms with Crippen molar-refractivity contribution in [1.82, 2.24) is 19.4 Å². The minimum absolute atomic E-state index is 0.119. The van der Waals surface area contributed by atoms with E-state index in [1.807, 2.05) is 34.9 Å². The van der Waals surface area contributed by atoms with Gasteiger partial charge in [-0.3, -0.25) is 9.78 Å². The zero-order valence-electron chi connectivity index (χ0n) is 15.4. The molecule has 0 N–H and O–H groups in total. The first-order valence-corrected chi connectivity index (χ1v) is 8.96. The van der Waals surface area contributed by atoms with E-state index in [1.54, 1.807) is 48.6 Å². The third-order valence-electron chi connectivity index (χ3n) is 4.67. The highest BCUT2D eigenvalue weighted by molar-refractivity contribution is 5.93. The van der Waals surface area contributed by atoms with Gasteiger partial charge in [-0.05, 0) is 30.3 Å². The first kappa shape index (κ1) is 17.9. The first-order valence-electron chi connectivity index (χ1n) is 8.96. The third-order valence-corrected chi connectivity index (χ3v) is 4.67. The lowest BCUT2D eigenvalue weighted by Gasteiger charge is -2.18. The Morgan fingerprint density at radius 3 is 2.54 bits per heavy atom. The highest BCUT2D eigenvalue weighted by Crippen LogP contribution is 2.20. The van der Waals surface area contributed by atoms with Crippen molar-refractivity contribution < 1.29 is 9.18 Å². The van der Waals surface area contributed by atoms with Crippen molar-refractivity contribution in [3.8, 4) is 0 Å². The van der Waals surface area contributed by atoms with E-state index in [-0.39, 0.29) is 11.7 Å². The van der Waals surface area contributed by atoms with Crippen LogP contribution in [0.25, 0.3) is 11.0 Å². The number of aromatic nitrogens is 3. The van der Waals surface area contributed by atoms with Gasteiger partial charge in [0.25, 0.3) is 5.91 Å². The molecule has 1 amide bonds. The Labute approximate surface area is 162 Å². The van der Waals surface area contributed by atoms with E-state index >= 15 is 0 Å². The molecule has 140 valence electrons. The van der Waals surface area contributed by atoms with Crippen molar-refractivity contribution >= 4 is 16.9 Å². The van der Waals surface area contributed by atoms with E-state index in [1.165, 1.54) is 6.07 Å². The van der Waals surface area contributed by atoms with E-state index < -0.39 is 0 Å². The molecule has 0 aliphatic heterocycles. The zero-order valence-corrected chi connectivity index (χ0v) is 15.4. The summed E-state index contributed by atoms with van der Waals surface area (Å²) in [5.74, 6) is 0.328.